The van der Waals surface area contributed by atoms with E-state index in [2.05, 4.69) is 0 Å². The molecule has 0 fully saturated rings. The third-order valence-electron chi connectivity index (χ3n) is 2.88. The number of hydrogen-bond acceptors (Lipinski definition) is 3. The quantitative estimate of drug-likeness (QED) is 0.869. The number of ether oxygens (including phenoxy) is 1. The summed E-state index contributed by atoms with van der Waals surface area (Å²) < 4.78 is 5.38. The van der Waals surface area contributed by atoms with Crippen LogP contribution in [0.25, 0.3) is 0 Å². The van der Waals surface area contributed by atoms with Gasteiger partial charge in [-0.2, -0.15) is 0 Å². The van der Waals surface area contributed by atoms with E-state index in [0.29, 0.717) is 25.1 Å². The normalized spacial score (nSPS) is 14.3. The molecule has 0 spiro atoms. The summed E-state index contributed by atoms with van der Waals surface area (Å²) in [6.45, 7) is 2.68. The number of carbonyl (C=O) groups excluding carboxylic acids is 1. The van der Waals surface area contributed by atoms with Gasteiger partial charge in [-0.1, -0.05) is 0 Å². The summed E-state index contributed by atoms with van der Waals surface area (Å²) in [6.07, 6.45) is 0.662. The van der Waals surface area contributed by atoms with Crippen LogP contribution in [-0.2, 0) is 11.2 Å². The van der Waals surface area contributed by atoms with E-state index in [9.17, 15) is 9.59 Å². The summed E-state index contributed by atoms with van der Waals surface area (Å²) in [4.78, 5) is 24.0. The molecule has 0 saturated carbocycles. The van der Waals surface area contributed by atoms with Crippen molar-refractivity contribution in [1.29, 1.82) is 0 Å². The van der Waals surface area contributed by atoms with Gasteiger partial charge in [-0.3, -0.25) is 9.59 Å². The van der Waals surface area contributed by atoms with Crippen LogP contribution in [0.5, 0.6) is 5.75 Å². The minimum absolute atomic E-state index is 0.221. The van der Waals surface area contributed by atoms with E-state index < -0.39 is 5.97 Å². The van der Waals surface area contributed by atoms with Crippen molar-refractivity contribution in [3.05, 3.63) is 29.3 Å². The highest BCUT2D eigenvalue weighted by Crippen LogP contribution is 2.23. The second-order valence-electron chi connectivity index (χ2n) is 4.12. The van der Waals surface area contributed by atoms with Gasteiger partial charge in [0.1, 0.15) is 12.3 Å². The second-order valence-corrected chi connectivity index (χ2v) is 4.12. The number of amides is 1. The molecule has 1 aliphatic rings. The van der Waals surface area contributed by atoms with Gasteiger partial charge in [0.15, 0.2) is 0 Å². The Morgan fingerprint density at radius 1 is 1.50 bits per heavy atom. The SMILES string of the molecule is CCOc1ccc2c(c1)CCN(CC(=O)O)C2=O. The van der Waals surface area contributed by atoms with Crippen molar-refractivity contribution in [3.8, 4) is 5.75 Å². The first-order chi connectivity index (χ1) is 8.61. The fraction of sp³-hybridized carbons (Fsp3) is 0.385. The molecule has 0 aromatic heterocycles. The lowest BCUT2D eigenvalue weighted by Gasteiger charge is -2.27. The summed E-state index contributed by atoms with van der Waals surface area (Å²) in [7, 11) is 0. The lowest BCUT2D eigenvalue weighted by molar-refractivity contribution is -0.137. The van der Waals surface area contributed by atoms with Crippen LogP contribution in [0.4, 0.5) is 0 Å². The Kier molecular flexibility index (Phi) is 3.50. The van der Waals surface area contributed by atoms with Crippen molar-refractivity contribution in [2.24, 2.45) is 0 Å². The lowest BCUT2D eigenvalue weighted by atomic mass is 9.98. The van der Waals surface area contributed by atoms with Crippen LogP contribution >= 0.6 is 0 Å². The first kappa shape index (κ1) is 12.4. The maximum absolute atomic E-state index is 12.0. The smallest absolute Gasteiger partial charge is 0.323 e. The molecule has 1 N–H and O–H groups in total. The Morgan fingerprint density at radius 2 is 2.28 bits per heavy atom. The Labute approximate surface area is 105 Å². The van der Waals surface area contributed by atoms with Crippen molar-refractivity contribution >= 4 is 11.9 Å². The topological polar surface area (TPSA) is 66.8 Å². The lowest BCUT2D eigenvalue weighted by Crippen LogP contribution is -2.40. The first-order valence-electron chi connectivity index (χ1n) is 5.88. The summed E-state index contributed by atoms with van der Waals surface area (Å²) >= 11 is 0. The number of fused-ring (bicyclic) bond motifs is 1. The summed E-state index contributed by atoms with van der Waals surface area (Å²) in [5.74, 6) is -0.463. The molecule has 0 aliphatic carbocycles. The zero-order chi connectivity index (χ0) is 13.1. The Balaban J connectivity index is 2.22. The molecule has 1 aromatic rings. The van der Waals surface area contributed by atoms with Gasteiger partial charge < -0.3 is 14.7 Å². The third-order valence-corrected chi connectivity index (χ3v) is 2.88. The van der Waals surface area contributed by atoms with Crippen LogP contribution in [0.2, 0.25) is 0 Å². The standard InChI is InChI=1S/C13H15NO4/c1-2-18-10-3-4-11-9(7-10)5-6-14(13(11)17)8-12(15)16/h3-4,7H,2,5-6,8H2,1H3,(H,15,16). The number of carboxylic acids is 1. The molecule has 18 heavy (non-hydrogen) atoms. The molecule has 0 radical (unpaired) electrons. The van der Waals surface area contributed by atoms with Gasteiger partial charge in [0.2, 0.25) is 0 Å². The molecule has 96 valence electrons. The fourth-order valence-corrected chi connectivity index (χ4v) is 2.08. The van der Waals surface area contributed by atoms with Crippen LogP contribution < -0.4 is 4.74 Å². The van der Waals surface area contributed by atoms with E-state index in [-0.39, 0.29) is 12.5 Å². The van der Waals surface area contributed by atoms with E-state index >= 15 is 0 Å². The maximum atomic E-state index is 12.0. The first-order valence-corrected chi connectivity index (χ1v) is 5.88. The van der Waals surface area contributed by atoms with Crippen LogP contribution in [0.3, 0.4) is 0 Å². The number of benzene rings is 1. The zero-order valence-electron chi connectivity index (χ0n) is 10.2. The average Bonchev–Trinajstić information content (AvgIpc) is 2.33. The van der Waals surface area contributed by atoms with Gasteiger partial charge in [-0.25, -0.2) is 0 Å². The minimum atomic E-state index is -0.988. The molecule has 0 atom stereocenters. The number of hydrogen-bond donors (Lipinski definition) is 1. The van der Waals surface area contributed by atoms with Crippen LogP contribution in [0, 0.1) is 0 Å². The van der Waals surface area contributed by atoms with Crippen LogP contribution in [0.1, 0.15) is 22.8 Å². The van der Waals surface area contributed by atoms with Gasteiger partial charge in [0.25, 0.3) is 5.91 Å². The van der Waals surface area contributed by atoms with Gasteiger partial charge in [-0.05, 0) is 37.1 Å². The molecule has 1 aliphatic heterocycles. The molecular weight excluding hydrogens is 234 g/mol. The van der Waals surface area contributed by atoms with Crippen molar-refractivity contribution in [2.75, 3.05) is 19.7 Å². The number of carbonyl (C=O) groups is 2. The monoisotopic (exact) mass is 249 g/mol. The van der Waals surface area contributed by atoms with Crippen molar-refractivity contribution in [2.45, 2.75) is 13.3 Å². The largest absolute Gasteiger partial charge is 0.494 e. The highest BCUT2D eigenvalue weighted by Gasteiger charge is 2.25. The van der Waals surface area contributed by atoms with Gasteiger partial charge >= 0.3 is 5.97 Å². The molecule has 5 nitrogen and oxygen atoms in total. The average molecular weight is 249 g/mol. The second kappa shape index (κ2) is 5.08. The predicted octanol–water partition coefficient (Wildman–Crippen LogP) is 1.17. The van der Waals surface area contributed by atoms with Crippen molar-refractivity contribution in [3.63, 3.8) is 0 Å². The van der Waals surface area contributed by atoms with Crippen molar-refractivity contribution < 1.29 is 19.4 Å². The Hall–Kier alpha value is -2.04. The molecule has 5 heteroatoms. The Morgan fingerprint density at radius 3 is 2.94 bits per heavy atom. The number of aliphatic carboxylic acids is 1. The molecule has 0 bridgehead atoms. The van der Waals surface area contributed by atoms with Gasteiger partial charge in [0.05, 0.1) is 6.61 Å². The van der Waals surface area contributed by atoms with Gasteiger partial charge in [-0.15, -0.1) is 0 Å². The number of rotatable bonds is 4. The number of carboxylic acid groups (broad SMARTS) is 1. The molecular formula is C13H15NO4. The summed E-state index contributed by atoms with van der Waals surface area (Å²) in [6, 6.07) is 5.30. The van der Waals surface area contributed by atoms with E-state index in [4.69, 9.17) is 9.84 Å². The third kappa shape index (κ3) is 2.45. The Bertz CT molecular complexity index is 484. The zero-order valence-corrected chi connectivity index (χ0v) is 10.2. The molecule has 0 unspecified atom stereocenters. The highest BCUT2D eigenvalue weighted by atomic mass is 16.5. The van der Waals surface area contributed by atoms with E-state index in [0.717, 1.165) is 11.3 Å². The molecule has 1 aromatic carbocycles. The summed E-state index contributed by atoms with van der Waals surface area (Å²) in [5.41, 5.74) is 1.50. The van der Waals surface area contributed by atoms with Crippen molar-refractivity contribution in [1.82, 2.24) is 4.90 Å². The molecule has 1 amide bonds. The van der Waals surface area contributed by atoms with Crippen LogP contribution in [0.15, 0.2) is 18.2 Å². The number of nitrogens with zero attached hydrogens (tertiary/aromatic N) is 1. The molecule has 0 saturated heterocycles. The van der Waals surface area contributed by atoms with Gasteiger partial charge in [0, 0.05) is 12.1 Å². The maximum Gasteiger partial charge on any atom is 0.323 e. The highest BCUT2D eigenvalue weighted by molar-refractivity contribution is 5.98. The molecule has 2 rings (SSSR count). The van der Waals surface area contributed by atoms with E-state index in [1.807, 2.05) is 13.0 Å². The minimum Gasteiger partial charge on any atom is -0.494 e. The molecule has 1 heterocycles. The summed E-state index contributed by atoms with van der Waals surface area (Å²) in [5, 5.41) is 8.73. The predicted molar refractivity (Wildman–Crippen MR) is 64.9 cm³/mol. The van der Waals surface area contributed by atoms with E-state index in [1.165, 1.54) is 4.90 Å². The van der Waals surface area contributed by atoms with E-state index in [1.54, 1.807) is 12.1 Å². The van der Waals surface area contributed by atoms with Crippen LogP contribution in [-0.4, -0.2) is 41.6 Å². The fourth-order valence-electron chi connectivity index (χ4n) is 2.08.